The van der Waals surface area contributed by atoms with Crippen molar-refractivity contribution in [1.29, 1.82) is 5.26 Å². The van der Waals surface area contributed by atoms with E-state index in [2.05, 4.69) is 5.32 Å². The standard InChI is InChI=1S/C14H17FN2O2/c1-2-12(10-16)17-14(18)7-4-8-19-13-6-3-5-11(15)9-13/h3,5-6,9,12H,2,4,7-8H2,1H3,(H,17,18)/t12-/m1/s1. The largest absolute Gasteiger partial charge is 0.493 e. The summed E-state index contributed by atoms with van der Waals surface area (Å²) in [6.07, 6.45) is 1.39. The van der Waals surface area contributed by atoms with E-state index in [9.17, 15) is 9.18 Å². The van der Waals surface area contributed by atoms with Crippen LogP contribution in [0.5, 0.6) is 5.75 Å². The fourth-order valence-corrected chi connectivity index (χ4v) is 1.47. The van der Waals surface area contributed by atoms with Crippen LogP contribution >= 0.6 is 0 Å². The summed E-state index contributed by atoms with van der Waals surface area (Å²) in [6, 6.07) is 7.43. The first-order valence-corrected chi connectivity index (χ1v) is 6.23. The summed E-state index contributed by atoms with van der Waals surface area (Å²) in [5, 5.41) is 11.3. The highest BCUT2D eigenvalue weighted by atomic mass is 19.1. The molecular weight excluding hydrogens is 247 g/mol. The minimum absolute atomic E-state index is 0.170. The zero-order chi connectivity index (χ0) is 14.1. The van der Waals surface area contributed by atoms with Crippen LogP contribution < -0.4 is 10.1 Å². The molecule has 5 heteroatoms. The molecule has 0 aliphatic rings. The third-order valence-electron chi connectivity index (χ3n) is 2.51. The predicted molar refractivity (Wildman–Crippen MR) is 69.0 cm³/mol. The van der Waals surface area contributed by atoms with Crippen LogP contribution in [0.25, 0.3) is 0 Å². The Balaban J connectivity index is 2.21. The summed E-state index contributed by atoms with van der Waals surface area (Å²) < 4.78 is 18.2. The van der Waals surface area contributed by atoms with E-state index in [1.807, 2.05) is 13.0 Å². The van der Waals surface area contributed by atoms with Gasteiger partial charge in [0.25, 0.3) is 0 Å². The highest BCUT2D eigenvalue weighted by molar-refractivity contribution is 5.76. The number of halogens is 1. The molecule has 1 rings (SSSR count). The Labute approximate surface area is 112 Å². The summed E-state index contributed by atoms with van der Waals surface area (Å²) in [6.45, 7) is 2.17. The highest BCUT2D eigenvalue weighted by Crippen LogP contribution is 2.12. The number of hydrogen-bond donors (Lipinski definition) is 1. The Morgan fingerprint density at radius 2 is 2.37 bits per heavy atom. The molecule has 0 heterocycles. The number of carbonyl (C=O) groups is 1. The molecule has 0 bridgehead atoms. The molecule has 0 aliphatic heterocycles. The van der Waals surface area contributed by atoms with E-state index in [4.69, 9.17) is 10.00 Å². The third kappa shape index (κ3) is 5.87. The average Bonchev–Trinajstić information content (AvgIpc) is 2.41. The van der Waals surface area contributed by atoms with Gasteiger partial charge in [0.05, 0.1) is 12.7 Å². The van der Waals surface area contributed by atoms with Gasteiger partial charge in [-0.1, -0.05) is 13.0 Å². The molecule has 0 unspecified atom stereocenters. The number of nitriles is 1. The smallest absolute Gasteiger partial charge is 0.221 e. The second kappa shape index (κ2) is 8.09. The average molecular weight is 264 g/mol. The summed E-state index contributed by atoms with van der Waals surface area (Å²) in [4.78, 5) is 11.5. The lowest BCUT2D eigenvalue weighted by atomic mass is 10.2. The number of hydrogen-bond acceptors (Lipinski definition) is 3. The van der Waals surface area contributed by atoms with Gasteiger partial charge in [0.15, 0.2) is 0 Å². The number of nitrogens with one attached hydrogen (secondary N) is 1. The molecular formula is C14H17FN2O2. The fourth-order valence-electron chi connectivity index (χ4n) is 1.47. The molecule has 0 radical (unpaired) electrons. The van der Waals surface area contributed by atoms with E-state index in [1.165, 1.54) is 12.1 Å². The maximum absolute atomic E-state index is 12.9. The molecule has 19 heavy (non-hydrogen) atoms. The maximum atomic E-state index is 12.9. The molecule has 102 valence electrons. The number of ether oxygens (including phenoxy) is 1. The quantitative estimate of drug-likeness (QED) is 0.769. The Hall–Kier alpha value is -2.09. The normalized spacial score (nSPS) is 11.4. The molecule has 1 N–H and O–H groups in total. The van der Waals surface area contributed by atoms with E-state index >= 15 is 0 Å². The number of amides is 1. The van der Waals surface area contributed by atoms with Crippen LogP contribution in [0.2, 0.25) is 0 Å². The Kier molecular flexibility index (Phi) is 6.37. The summed E-state index contributed by atoms with van der Waals surface area (Å²) >= 11 is 0. The second-order valence-electron chi connectivity index (χ2n) is 4.07. The SMILES string of the molecule is CC[C@H](C#N)NC(=O)CCCOc1cccc(F)c1. The minimum Gasteiger partial charge on any atom is -0.493 e. The third-order valence-corrected chi connectivity index (χ3v) is 2.51. The zero-order valence-corrected chi connectivity index (χ0v) is 10.9. The molecule has 1 aromatic carbocycles. The molecule has 0 aromatic heterocycles. The van der Waals surface area contributed by atoms with Crippen LogP contribution in [0.1, 0.15) is 26.2 Å². The van der Waals surface area contributed by atoms with Gasteiger partial charge in [-0.15, -0.1) is 0 Å². The topological polar surface area (TPSA) is 62.1 Å². The maximum Gasteiger partial charge on any atom is 0.221 e. The van der Waals surface area contributed by atoms with Gasteiger partial charge in [-0.05, 0) is 25.0 Å². The van der Waals surface area contributed by atoms with E-state index < -0.39 is 6.04 Å². The van der Waals surface area contributed by atoms with Crippen molar-refractivity contribution >= 4 is 5.91 Å². The molecule has 0 aliphatic carbocycles. The molecule has 0 saturated heterocycles. The van der Waals surface area contributed by atoms with E-state index in [-0.39, 0.29) is 18.1 Å². The van der Waals surface area contributed by atoms with Crippen molar-refractivity contribution in [2.75, 3.05) is 6.61 Å². The van der Waals surface area contributed by atoms with Gasteiger partial charge in [0.2, 0.25) is 5.91 Å². The predicted octanol–water partition coefficient (Wildman–Crippen LogP) is 2.40. The van der Waals surface area contributed by atoms with Crippen molar-refractivity contribution in [2.45, 2.75) is 32.2 Å². The van der Waals surface area contributed by atoms with Gasteiger partial charge in [-0.25, -0.2) is 4.39 Å². The number of rotatable bonds is 7. The van der Waals surface area contributed by atoms with Gasteiger partial charge in [-0.2, -0.15) is 5.26 Å². The minimum atomic E-state index is -0.434. The van der Waals surface area contributed by atoms with Gasteiger partial charge in [0.1, 0.15) is 17.6 Å². The summed E-state index contributed by atoms with van der Waals surface area (Å²) in [5.41, 5.74) is 0. The van der Waals surface area contributed by atoms with Crippen LogP contribution in [-0.2, 0) is 4.79 Å². The van der Waals surface area contributed by atoms with Crippen molar-refractivity contribution in [1.82, 2.24) is 5.32 Å². The lowest BCUT2D eigenvalue weighted by Crippen LogP contribution is -2.33. The lowest BCUT2D eigenvalue weighted by Gasteiger charge is -2.09. The Morgan fingerprint density at radius 1 is 1.58 bits per heavy atom. The molecule has 1 atom stereocenters. The summed E-state index contributed by atoms with van der Waals surface area (Å²) in [7, 11) is 0. The first kappa shape index (κ1) is 15.0. The Morgan fingerprint density at radius 3 is 3.00 bits per heavy atom. The van der Waals surface area contributed by atoms with Gasteiger partial charge >= 0.3 is 0 Å². The molecule has 4 nitrogen and oxygen atoms in total. The molecule has 0 saturated carbocycles. The Bertz CT molecular complexity index is 457. The van der Waals surface area contributed by atoms with Gasteiger partial charge in [0, 0.05) is 12.5 Å². The van der Waals surface area contributed by atoms with Crippen molar-refractivity contribution in [3.63, 3.8) is 0 Å². The summed E-state index contributed by atoms with van der Waals surface area (Å²) in [5.74, 6) is -0.0739. The number of nitrogens with zero attached hydrogens (tertiary/aromatic N) is 1. The molecule has 1 aromatic rings. The van der Waals surface area contributed by atoms with Crippen molar-refractivity contribution < 1.29 is 13.9 Å². The van der Waals surface area contributed by atoms with Crippen molar-refractivity contribution in [3.8, 4) is 11.8 Å². The van der Waals surface area contributed by atoms with E-state index in [1.54, 1.807) is 12.1 Å². The molecule has 0 fully saturated rings. The first-order valence-electron chi connectivity index (χ1n) is 6.23. The van der Waals surface area contributed by atoms with Crippen LogP contribution in [0.15, 0.2) is 24.3 Å². The fraction of sp³-hybridized carbons (Fsp3) is 0.429. The van der Waals surface area contributed by atoms with E-state index in [0.29, 0.717) is 25.2 Å². The van der Waals surface area contributed by atoms with Crippen LogP contribution in [0.3, 0.4) is 0 Å². The highest BCUT2D eigenvalue weighted by Gasteiger charge is 2.08. The second-order valence-corrected chi connectivity index (χ2v) is 4.07. The number of benzene rings is 1. The number of carbonyl (C=O) groups excluding carboxylic acids is 1. The van der Waals surface area contributed by atoms with E-state index in [0.717, 1.165) is 0 Å². The zero-order valence-electron chi connectivity index (χ0n) is 10.9. The van der Waals surface area contributed by atoms with Crippen molar-refractivity contribution in [2.24, 2.45) is 0 Å². The molecule has 0 spiro atoms. The lowest BCUT2D eigenvalue weighted by molar-refractivity contribution is -0.121. The van der Waals surface area contributed by atoms with Crippen LogP contribution in [0.4, 0.5) is 4.39 Å². The van der Waals surface area contributed by atoms with Gasteiger partial charge < -0.3 is 10.1 Å². The molecule has 1 amide bonds. The monoisotopic (exact) mass is 264 g/mol. The van der Waals surface area contributed by atoms with Crippen LogP contribution in [0, 0.1) is 17.1 Å². The van der Waals surface area contributed by atoms with Crippen molar-refractivity contribution in [3.05, 3.63) is 30.1 Å². The van der Waals surface area contributed by atoms with Gasteiger partial charge in [-0.3, -0.25) is 4.79 Å². The first-order chi connectivity index (χ1) is 9.15. The van der Waals surface area contributed by atoms with Crippen LogP contribution in [-0.4, -0.2) is 18.6 Å².